The van der Waals surface area contributed by atoms with E-state index in [4.69, 9.17) is 10.00 Å². The largest absolute Gasteiger partial charge is 0.477 e. The van der Waals surface area contributed by atoms with Crippen LogP contribution in [0, 0.1) is 17.2 Å². The van der Waals surface area contributed by atoms with Gasteiger partial charge in [-0.1, -0.05) is 0 Å². The fraction of sp³-hybridized carbons (Fsp3) is 0.333. The first-order valence-corrected chi connectivity index (χ1v) is 9.13. The van der Waals surface area contributed by atoms with Crippen molar-refractivity contribution in [2.24, 2.45) is 5.92 Å². The van der Waals surface area contributed by atoms with Gasteiger partial charge in [-0.25, -0.2) is 15.0 Å². The number of hydrogen-bond donors (Lipinski definition) is 0. The minimum atomic E-state index is 0.409. The molecule has 1 fully saturated rings. The molecular formula is C18H17N5OS. The number of pyridine rings is 1. The van der Waals surface area contributed by atoms with Crippen LogP contribution in [0.2, 0.25) is 0 Å². The Morgan fingerprint density at radius 1 is 1.32 bits per heavy atom. The lowest BCUT2D eigenvalue weighted by atomic mass is 9.99. The normalized spacial score (nSPS) is 17.4. The van der Waals surface area contributed by atoms with Crippen LogP contribution in [0.25, 0.3) is 10.2 Å². The van der Waals surface area contributed by atoms with E-state index in [0.29, 0.717) is 24.0 Å². The summed E-state index contributed by atoms with van der Waals surface area (Å²) in [5.74, 6) is 1.94. The minimum Gasteiger partial charge on any atom is -0.477 e. The second-order valence-electron chi connectivity index (χ2n) is 6.09. The van der Waals surface area contributed by atoms with Crippen molar-refractivity contribution in [2.75, 3.05) is 24.6 Å². The van der Waals surface area contributed by atoms with Crippen LogP contribution >= 0.6 is 11.3 Å². The van der Waals surface area contributed by atoms with Crippen LogP contribution in [0.4, 0.5) is 5.82 Å². The van der Waals surface area contributed by atoms with Crippen molar-refractivity contribution in [1.29, 1.82) is 5.26 Å². The summed E-state index contributed by atoms with van der Waals surface area (Å²) in [6.45, 7) is 2.50. The van der Waals surface area contributed by atoms with Gasteiger partial charge in [0.15, 0.2) is 0 Å². The molecule has 1 saturated heterocycles. The van der Waals surface area contributed by atoms with Gasteiger partial charge in [-0.2, -0.15) is 5.26 Å². The van der Waals surface area contributed by atoms with Crippen LogP contribution < -0.4 is 9.64 Å². The fourth-order valence-corrected chi connectivity index (χ4v) is 4.02. The summed E-state index contributed by atoms with van der Waals surface area (Å²) in [5.41, 5.74) is 1.57. The van der Waals surface area contributed by atoms with E-state index in [2.05, 4.69) is 31.3 Å². The molecule has 0 N–H and O–H groups in total. The van der Waals surface area contributed by atoms with Gasteiger partial charge in [0.1, 0.15) is 12.1 Å². The van der Waals surface area contributed by atoms with Crippen molar-refractivity contribution in [1.82, 2.24) is 15.0 Å². The molecule has 1 aliphatic rings. The number of ether oxygens (including phenoxy) is 1. The summed E-state index contributed by atoms with van der Waals surface area (Å²) in [6.07, 6.45) is 5.47. The summed E-state index contributed by atoms with van der Waals surface area (Å²) in [7, 11) is 0. The van der Waals surface area contributed by atoms with Crippen LogP contribution in [0.15, 0.2) is 36.1 Å². The van der Waals surface area contributed by atoms with Gasteiger partial charge < -0.3 is 9.64 Å². The monoisotopic (exact) mass is 351 g/mol. The van der Waals surface area contributed by atoms with E-state index >= 15 is 0 Å². The smallest absolute Gasteiger partial charge is 0.214 e. The van der Waals surface area contributed by atoms with Crippen LogP contribution in [0.3, 0.4) is 0 Å². The second kappa shape index (κ2) is 7.03. The zero-order chi connectivity index (χ0) is 17.1. The predicted molar refractivity (Wildman–Crippen MR) is 96.8 cm³/mol. The number of nitrogens with zero attached hydrogens (tertiary/aromatic N) is 5. The Hall–Kier alpha value is -2.72. The Bertz CT molecular complexity index is 919. The molecule has 0 bridgehead atoms. The SMILES string of the molecule is N#Cc1ccnc(OCC2CCCN(c3ncnc4ccsc34)C2)c1. The summed E-state index contributed by atoms with van der Waals surface area (Å²) in [6, 6.07) is 7.50. The van der Waals surface area contributed by atoms with E-state index < -0.39 is 0 Å². The number of hydrogen-bond acceptors (Lipinski definition) is 7. The molecule has 0 amide bonds. The van der Waals surface area contributed by atoms with Crippen LogP contribution in [0.5, 0.6) is 5.88 Å². The lowest BCUT2D eigenvalue weighted by Gasteiger charge is -2.33. The lowest BCUT2D eigenvalue weighted by molar-refractivity contribution is 0.221. The van der Waals surface area contributed by atoms with E-state index in [1.165, 1.54) is 0 Å². The maximum Gasteiger partial charge on any atom is 0.214 e. The van der Waals surface area contributed by atoms with Crippen molar-refractivity contribution in [3.63, 3.8) is 0 Å². The molecule has 6 nitrogen and oxygen atoms in total. The highest BCUT2D eigenvalue weighted by molar-refractivity contribution is 7.17. The summed E-state index contributed by atoms with van der Waals surface area (Å²) in [4.78, 5) is 15.3. The molecule has 0 radical (unpaired) electrons. The number of rotatable bonds is 4. The van der Waals surface area contributed by atoms with Crippen molar-refractivity contribution < 1.29 is 4.74 Å². The zero-order valence-corrected chi connectivity index (χ0v) is 14.4. The average Bonchev–Trinajstić information content (AvgIpc) is 3.15. The molecule has 0 spiro atoms. The third-order valence-electron chi connectivity index (χ3n) is 4.37. The van der Waals surface area contributed by atoms with E-state index in [0.717, 1.165) is 42.0 Å². The van der Waals surface area contributed by atoms with E-state index in [1.54, 1.807) is 36.0 Å². The molecule has 0 aromatic carbocycles. The first kappa shape index (κ1) is 15.8. The van der Waals surface area contributed by atoms with Crippen molar-refractivity contribution in [3.8, 4) is 11.9 Å². The Balaban J connectivity index is 1.44. The maximum absolute atomic E-state index is 8.96. The molecule has 1 atom stereocenters. The first-order valence-electron chi connectivity index (χ1n) is 8.25. The Morgan fingerprint density at radius 3 is 3.20 bits per heavy atom. The highest BCUT2D eigenvalue weighted by Gasteiger charge is 2.23. The topological polar surface area (TPSA) is 74.9 Å². The molecular weight excluding hydrogens is 334 g/mol. The van der Waals surface area contributed by atoms with Gasteiger partial charge in [0.2, 0.25) is 5.88 Å². The molecule has 0 saturated carbocycles. The standard InChI is InChI=1S/C18H17N5OS/c19-9-13-3-5-20-16(8-13)24-11-14-2-1-6-23(10-14)18-17-15(4-7-25-17)21-12-22-18/h3-5,7-8,12,14H,1-2,6,10-11H2. The van der Waals surface area contributed by atoms with Crippen LogP contribution in [-0.2, 0) is 0 Å². The molecule has 3 aromatic rings. The maximum atomic E-state index is 8.96. The third-order valence-corrected chi connectivity index (χ3v) is 5.27. The predicted octanol–water partition coefficient (Wildman–Crippen LogP) is 3.25. The minimum absolute atomic E-state index is 0.409. The second-order valence-corrected chi connectivity index (χ2v) is 7.01. The average molecular weight is 351 g/mol. The molecule has 3 aromatic heterocycles. The Morgan fingerprint density at radius 2 is 2.28 bits per heavy atom. The molecule has 7 heteroatoms. The van der Waals surface area contributed by atoms with Gasteiger partial charge in [0.05, 0.1) is 28.5 Å². The molecule has 4 rings (SSSR count). The van der Waals surface area contributed by atoms with Gasteiger partial charge in [-0.15, -0.1) is 11.3 Å². The van der Waals surface area contributed by atoms with Gasteiger partial charge >= 0.3 is 0 Å². The summed E-state index contributed by atoms with van der Waals surface area (Å²) < 4.78 is 6.97. The Kier molecular flexibility index (Phi) is 4.44. The van der Waals surface area contributed by atoms with Gasteiger partial charge in [0, 0.05) is 31.3 Å². The van der Waals surface area contributed by atoms with Crippen LogP contribution in [-0.4, -0.2) is 34.6 Å². The Labute approximate surface area is 149 Å². The first-order chi connectivity index (χ1) is 12.3. The van der Waals surface area contributed by atoms with Crippen molar-refractivity contribution >= 4 is 27.4 Å². The van der Waals surface area contributed by atoms with E-state index in [-0.39, 0.29) is 0 Å². The summed E-state index contributed by atoms with van der Waals surface area (Å²) >= 11 is 1.68. The number of anilines is 1. The third kappa shape index (κ3) is 3.39. The lowest BCUT2D eigenvalue weighted by Crippen LogP contribution is -2.38. The van der Waals surface area contributed by atoms with Gasteiger partial charge in [-0.3, -0.25) is 0 Å². The van der Waals surface area contributed by atoms with E-state index in [1.807, 2.05) is 6.07 Å². The van der Waals surface area contributed by atoms with Crippen LogP contribution in [0.1, 0.15) is 18.4 Å². The molecule has 4 heterocycles. The molecule has 126 valence electrons. The fourth-order valence-electron chi connectivity index (χ4n) is 3.16. The van der Waals surface area contributed by atoms with Crippen molar-refractivity contribution in [2.45, 2.75) is 12.8 Å². The number of piperidine rings is 1. The highest BCUT2D eigenvalue weighted by Crippen LogP contribution is 2.30. The molecule has 25 heavy (non-hydrogen) atoms. The molecule has 1 unspecified atom stereocenters. The number of nitriles is 1. The molecule has 1 aliphatic heterocycles. The quantitative estimate of drug-likeness (QED) is 0.718. The van der Waals surface area contributed by atoms with Crippen molar-refractivity contribution in [3.05, 3.63) is 41.7 Å². The van der Waals surface area contributed by atoms with Gasteiger partial charge in [-0.05, 0) is 30.4 Å². The van der Waals surface area contributed by atoms with E-state index in [9.17, 15) is 0 Å². The zero-order valence-electron chi connectivity index (χ0n) is 13.6. The summed E-state index contributed by atoms with van der Waals surface area (Å²) in [5, 5.41) is 11.0. The molecule has 0 aliphatic carbocycles. The van der Waals surface area contributed by atoms with Gasteiger partial charge in [0.25, 0.3) is 0 Å². The number of aromatic nitrogens is 3. The highest BCUT2D eigenvalue weighted by atomic mass is 32.1. The number of fused-ring (bicyclic) bond motifs is 1. The number of thiophene rings is 1.